The van der Waals surface area contributed by atoms with E-state index in [0.717, 1.165) is 29.8 Å². The van der Waals surface area contributed by atoms with E-state index in [2.05, 4.69) is 29.8 Å². The van der Waals surface area contributed by atoms with E-state index in [1.807, 2.05) is 37.3 Å². The summed E-state index contributed by atoms with van der Waals surface area (Å²) in [7, 11) is 0. The highest BCUT2D eigenvalue weighted by Crippen LogP contribution is 2.17. The van der Waals surface area contributed by atoms with Crippen molar-refractivity contribution in [3.05, 3.63) is 66.3 Å². The molecule has 0 unspecified atom stereocenters. The highest BCUT2D eigenvalue weighted by atomic mass is 14.8. The molecule has 0 spiro atoms. The van der Waals surface area contributed by atoms with Gasteiger partial charge in [-0.05, 0) is 30.9 Å². The molecule has 0 aromatic heterocycles. The Labute approximate surface area is 103 Å². The Balaban J connectivity index is 2.17. The van der Waals surface area contributed by atoms with Gasteiger partial charge in [-0.1, -0.05) is 55.1 Å². The fourth-order valence-corrected chi connectivity index (χ4v) is 1.84. The van der Waals surface area contributed by atoms with Crippen LogP contribution in [0, 0.1) is 0 Å². The van der Waals surface area contributed by atoms with Crippen LogP contribution in [0.25, 0.3) is 5.70 Å². The van der Waals surface area contributed by atoms with Crippen molar-refractivity contribution >= 4 is 11.4 Å². The first kappa shape index (κ1) is 11.6. The van der Waals surface area contributed by atoms with Gasteiger partial charge < -0.3 is 0 Å². The van der Waals surface area contributed by atoms with Gasteiger partial charge in [0.25, 0.3) is 0 Å². The molecule has 0 aliphatic heterocycles. The maximum Gasteiger partial charge on any atom is 0.0633 e. The number of benzene rings is 1. The first-order valence-electron chi connectivity index (χ1n) is 5.94. The molecule has 1 aliphatic carbocycles. The first-order chi connectivity index (χ1) is 8.27. The molecule has 1 aromatic carbocycles. The van der Waals surface area contributed by atoms with Gasteiger partial charge in [-0.2, -0.15) is 0 Å². The van der Waals surface area contributed by atoms with Crippen LogP contribution in [0.5, 0.6) is 0 Å². The topological polar surface area (TPSA) is 12.4 Å². The summed E-state index contributed by atoms with van der Waals surface area (Å²) in [6.07, 6.45) is 8.81. The maximum absolute atomic E-state index is 4.57. The van der Waals surface area contributed by atoms with E-state index in [1.165, 1.54) is 5.57 Å². The number of hydrogen-bond donors (Lipinski definition) is 0. The van der Waals surface area contributed by atoms with E-state index in [0.29, 0.717) is 0 Å². The fourth-order valence-electron chi connectivity index (χ4n) is 1.84. The van der Waals surface area contributed by atoms with Crippen molar-refractivity contribution in [1.29, 1.82) is 0 Å². The number of rotatable bonds is 3. The summed E-state index contributed by atoms with van der Waals surface area (Å²) in [4.78, 5) is 4.57. The minimum absolute atomic E-state index is 0.822. The monoisotopic (exact) mass is 223 g/mol. The van der Waals surface area contributed by atoms with E-state index >= 15 is 0 Å². The number of hydrogen-bond acceptors (Lipinski definition) is 1. The molecule has 1 nitrogen and oxygen atoms in total. The zero-order valence-electron chi connectivity index (χ0n) is 10.2. The summed E-state index contributed by atoms with van der Waals surface area (Å²) in [5.41, 5.74) is 4.15. The average molecular weight is 223 g/mol. The predicted molar refractivity (Wildman–Crippen MR) is 75.0 cm³/mol. The van der Waals surface area contributed by atoms with Crippen LogP contribution in [-0.4, -0.2) is 5.71 Å². The quantitative estimate of drug-likeness (QED) is 0.674. The van der Waals surface area contributed by atoms with Crippen molar-refractivity contribution in [3.63, 3.8) is 0 Å². The lowest BCUT2D eigenvalue weighted by Crippen LogP contribution is -1.98. The Bertz CT molecular complexity index is 490. The Kier molecular flexibility index (Phi) is 3.71. The molecule has 0 saturated carbocycles. The van der Waals surface area contributed by atoms with Gasteiger partial charge >= 0.3 is 0 Å². The Morgan fingerprint density at radius 3 is 2.59 bits per heavy atom. The fraction of sp³-hybridized carbons (Fsp3) is 0.188. The van der Waals surface area contributed by atoms with Crippen LogP contribution in [0.4, 0.5) is 0 Å². The third kappa shape index (κ3) is 3.04. The average Bonchev–Trinajstić information content (AvgIpc) is 2.40. The Hall–Kier alpha value is -1.89. The zero-order chi connectivity index (χ0) is 12.1. The van der Waals surface area contributed by atoms with Gasteiger partial charge in [0.1, 0.15) is 0 Å². The number of nitrogens with zero attached hydrogens (tertiary/aromatic N) is 1. The van der Waals surface area contributed by atoms with Crippen molar-refractivity contribution in [1.82, 2.24) is 0 Å². The molecule has 0 fully saturated rings. The van der Waals surface area contributed by atoms with E-state index < -0.39 is 0 Å². The van der Waals surface area contributed by atoms with Gasteiger partial charge in [0.2, 0.25) is 0 Å². The van der Waals surface area contributed by atoms with Crippen molar-refractivity contribution in [2.75, 3.05) is 0 Å². The molecule has 0 saturated heterocycles. The minimum atomic E-state index is 0.822. The Morgan fingerprint density at radius 2 is 1.94 bits per heavy atom. The molecule has 1 aromatic rings. The van der Waals surface area contributed by atoms with Gasteiger partial charge in [0.15, 0.2) is 0 Å². The van der Waals surface area contributed by atoms with Crippen LogP contribution in [0.3, 0.4) is 0 Å². The molecule has 0 heterocycles. The van der Waals surface area contributed by atoms with Crippen LogP contribution in [0.1, 0.15) is 25.3 Å². The molecule has 0 bridgehead atoms. The number of allylic oxidation sites excluding steroid dienone is 4. The molecular weight excluding hydrogens is 206 g/mol. The maximum atomic E-state index is 4.57. The van der Waals surface area contributed by atoms with E-state index in [4.69, 9.17) is 0 Å². The zero-order valence-corrected chi connectivity index (χ0v) is 10.2. The molecule has 2 rings (SSSR count). The largest absolute Gasteiger partial charge is 0.253 e. The minimum Gasteiger partial charge on any atom is -0.253 e. The predicted octanol–water partition coefficient (Wildman–Crippen LogP) is 4.39. The Morgan fingerprint density at radius 1 is 1.18 bits per heavy atom. The van der Waals surface area contributed by atoms with E-state index in [1.54, 1.807) is 0 Å². The summed E-state index contributed by atoms with van der Waals surface area (Å²) in [5, 5.41) is 0. The van der Waals surface area contributed by atoms with Crippen LogP contribution in [0.15, 0.2) is 65.7 Å². The van der Waals surface area contributed by atoms with Crippen molar-refractivity contribution in [2.45, 2.75) is 19.8 Å². The third-order valence-electron chi connectivity index (χ3n) is 2.82. The molecule has 86 valence electrons. The first-order valence-corrected chi connectivity index (χ1v) is 5.94. The summed E-state index contributed by atoms with van der Waals surface area (Å²) in [6, 6.07) is 10.1. The molecular formula is C16H17N. The molecule has 0 radical (unpaired) electrons. The molecule has 1 aliphatic rings. The lowest BCUT2D eigenvalue weighted by atomic mass is 10.0. The summed E-state index contributed by atoms with van der Waals surface area (Å²) < 4.78 is 0. The van der Waals surface area contributed by atoms with Gasteiger partial charge in [-0.3, -0.25) is 4.99 Å². The second kappa shape index (κ2) is 5.44. The smallest absolute Gasteiger partial charge is 0.0633 e. The lowest BCUT2D eigenvalue weighted by molar-refractivity contribution is 1.03. The lowest BCUT2D eigenvalue weighted by Gasteiger charge is -2.07. The standard InChI is InChI=1S/C16H17N/c1-13(15-9-5-3-6-10-15)17-14(2)16-11-7-4-8-12-16/h3,5-7,9-12H,1,4,8H2,2H3/b17-14+. The third-order valence-corrected chi connectivity index (χ3v) is 2.82. The molecule has 0 atom stereocenters. The number of aliphatic imine (C=N–C) groups is 1. The van der Waals surface area contributed by atoms with Crippen molar-refractivity contribution in [3.8, 4) is 0 Å². The molecule has 0 amide bonds. The van der Waals surface area contributed by atoms with Gasteiger partial charge in [0.05, 0.1) is 5.70 Å². The second-order valence-electron chi connectivity index (χ2n) is 4.15. The van der Waals surface area contributed by atoms with Crippen LogP contribution in [-0.2, 0) is 0 Å². The van der Waals surface area contributed by atoms with E-state index in [9.17, 15) is 0 Å². The molecule has 1 heteroatoms. The van der Waals surface area contributed by atoms with Crippen LogP contribution < -0.4 is 0 Å². The summed E-state index contributed by atoms with van der Waals surface area (Å²) in [5.74, 6) is 0. The normalized spacial score (nSPS) is 15.6. The highest BCUT2D eigenvalue weighted by Gasteiger charge is 2.02. The van der Waals surface area contributed by atoms with Crippen LogP contribution in [0.2, 0.25) is 0 Å². The second-order valence-corrected chi connectivity index (χ2v) is 4.15. The van der Waals surface area contributed by atoms with Crippen molar-refractivity contribution < 1.29 is 0 Å². The molecule has 17 heavy (non-hydrogen) atoms. The summed E-state index contributed by atoms with van der Waals surface area (Å²) in [6.45, 7) is 6.06. The molecule has 0 N–H and O–H groups in total. The van der Waals surface area contributed by atoms with Crippen molar-refractivity contribution in [2.24, 2.45) is 4.99 Å². The van der Waals surface area contributed by atoms with Gasteiger partial charge in [-0.15, -0.1) is 0 Å². The SMILES string of the molecule is C=C(/N=C(\C)C1=CCCC=C1)c1ccccc1. The van der Waals surface area contributed by atoms with Gasteiger partial charge in [0, 0.05) is 5.71 Å². The van der Waals surface area contributed by atoms with Gasteiger partial charge in [-0.25, -0.2) is 0 Å². The van der Waals surface area contributed by atoms with E-state index in [-0.39, 0.29) is 0 Å². The highest BCUT2D eigenvalue weighted by molar-refractivity contribution is 6.03. The van der Waals surface area contributed by atoms with Crippen LogP contribution >= 0.6 is 0 Å². The summed E-state index contributed by atoms with van der Waals surface area (Å²) >= 11 is 0.